The van der Waals surface area contributed by atoms with Gasteiger partial charge in [0, 0.05) is 17.7 Å². The van der Waals surface area contributed by atoms with E-state index >= 15 is 0 Å². The maximum absolute atomic E-state index is 6.02. The van der Waals surface area contributed by atoms with E-state index in [1.807, 2.05) is 6.07 Å². The molecule has 2 rings (SSSR count). The second kappa shape index (κ2) is 6.58. The molecule has 100 valence electrons. The van der Waals surface area contributed by atoms with E-state index < -0.39 is 0 Å². The Morgan fingerprint density at radius 2 is 2.06 bits per heavy atom. The van der Waals surface area contributed by atoms with Gasteiger partial charge in [-0.05, 0) is 48.4 Å². The van der Waals surface area contributed by atoms with Crippen LogP contribution in [0.15, 0.2) is 22.7 Å². The van der Waals surface area contributed by atoms with E-state index in [0.717, 1.165) is 42.9 Å². The standard InChI is InChI=1S/C15H21BrO2/c1-11(2)14-9-13(16)3-4-15(14)18-10-12-5-7-17-8-6-12/h3-4,9,11-12H,5-8,10H2,1-2H3. The lowest BCUT2D eigenvalue weighted by molar-refractivity contribution is 0.0496. The van der Waals surface area contributed by atoms with E-state index in [0.29, 0.717) is 11.8 Å². The maximum atomic E-state index is 6.02. The Morgan fingerprint density at radius 3 is 2.72 bits per heavy atom. The fourth-order valence-electron chi connectivity index (χ4n) is 2.22. The van der Waals surface area contributed by atoms with E-state index in [4.69, 9.17) is 9.47 Å². The third-order valence-corrected chi connectivity index (χ3v) is 3.90. The molecule has 1 saturated heterocycles. The van der Waals surface area contributed by atoms with Crippen molar-refractivity contribution in [3.05, 3.63) is 28.2 Å². The molecular weight excluding hydrogens is 292 g/mol. The van der Waals surface area contributed by atoms with Crippen molar-refractivity contribution in [1.82, 2.24) is 0 Å². The van der Waals surface area contributed by atoms with Crippen molar-refractivity contribution in [3.8, 4) is 5.75 Å². The number of rotatable bonds is 4. The zero-order valence-corrected chi connectivity index (χ0v) is 12.7. The molecular formula is C15H21BrO2. The summed E-state index contributed by atoms with van der Waals surface area (Å²) in [5.41, 5.74) is 1.27. The molecule has 0 unspecified atom stereocenters. The monoisotopic (exact) mass is 312 g/mol. The van der Waals surface area contributed by atoms with Crippen molar-refractivity contribution in [1.29, 1.82) is 0 Å². The Labute approximate surface area is 118 Å². The first-order chi connectivity index (χ1) is 8.66. The lowest BCUT2D eigenvalue weighted by Crippen LogP contribution is -2.21. The average Bonchev–Trinajstić information content (AvgIpc) is 2.38. The average molecular weight is 313 g/mol. The van der Waals surface area contributed by atoms with Gasteiger partial charge in [0.1, 0.15) is 5.75 Å². The molecule has 1 aromatic rings. The molecule has 1 aliphatic heterocycles. The van der Waals surface area contributed by atoms with Crippen LogP contribution in [0.5, 0.6) is 5.75 Å². The van der Waals surface area contributed by atoms with E-state index in [1.54, 1.807) is 0 Å². The van der Waals surface area contributed by atoms with Crippen molar-refractivity contribution in [3.63, 3.8) is 0 Å². The van der Waals surface area contributed by atoms with E-state index in [2.05, 4.69) is 41.9 Å². The molecule has 2 nitrogen and oxygen atoms in total. The van der Waals surface area contributed by atoms with Crippen molar-refractivity contribution < 1.29 is 9.47 Å². The third kappa shape index (κ3) is 3.72. The van der Waals surface area contributed by atoms with Gasteiger partial charge in [0.15, 0.2) is 0 Å². The number of hydrogen-bond donors (Lipinski definition) is 0. The van der Waals surface area contributed by atoms with Crippen LogP contribution >= 0.6 is 15.9 Å². The van der Waals surface area contributed by atoms with Gasteiger partial charge >= 0.3 is 0 Å². The van der Waals surface area contributed by atoms with Crippen LogP contribution in [0, 0.1) is 5.92 Å². The zero-order valence-electron chi connectivity index (χ0n) is 11.1. The summed E-state index contributed by atoms with van der Waals surface area (Å²) in [5.74, 6) is 2.15. The summed E-state index contributed by atoms with van der Waals surface area (Å²) in [4.78, 5) is 0. The summed E-state index contributed by atoms with van der Waals surface area (Å²) in [6.07, 6.45) is 2.24. The highest BCUT2D eigenvalue weighted by Gasteiger charge is 2.16. The predicted molar refractivity (Wildman–Crippen MR) is 77.3 cm³/mol. The molecule has 0 radical (unpaired) electrons. The molecule has 0 bridgehead atoms. The van der Waals surface area contributed by atoms with Gasteiger partial charge in [-0.25, -0.2) is 0 Å². The molecule has 1 aliphatic rings. The maximum Gasteiger partial charge on any atom is 0.122 e. The molecule has 1 aromatic carbocycles. The Balaban J connectivity index is 1.99. The first-order valence-electron chi connectivity index (χ1n) is 6.67. The minimum atomic E-state index is 0.479. The Morgan fingerprint density at radius 1 is 1.33 bits per heavy atom. The lowest BCUT2D eigenvalue weighted by Gasteiger charge is -2.23. The first kappa shape index (κ1) is 13.9. The summed E-state index contributed by atoms with van der Waals surface area (Å²) in [5, 5.41) is 0. The van der Waals surface area contributed by atoms with Crippen LogP contribution in [0.4, 0.5) is 0 Å². The topological polar surface area (TPSA) is 18.5 Å². The van der Waals surface area contributed by atoms with Gasteiger partial charge in [0.2, 0.25) is 0 Å². The lowest BCUT2D eigenvalue weighted by atomic mass is 10.0. The summed E-state index contributed by atoms with van der Waals surface area (Å²) in [6, 6.07) is 6.27. The minimum absolute atomic E-state index is 0.479. The zero-order chi connectivity index (χ0) is 13.0. The minimum Gasteiger partial charge on any atom is -0.493 e. The fraction of sp³-hybridized carbons (Fsp3) is 0.600. The van der Waals surface area contributed by atoms with Gasteiger partial charge in [-0.3, -0.25) is 0 Å². The van der Waals surface area contributed by atoms with Crippen molar-refractivity contribution in [2.75, 3.05) is 19.8 Å². The summed E-state index contributed by atoms with van der Waals surface area (Å²) < 4.78 is 12.5. The van der Waals surface area contributed by atoms with Gasteiger partial charge < -0.3 is 9.47 Å². The van der Waals surface area contributed by atoms with E-state index in [-0.39, 0.29) is 0 Å². The smallest absolute Gasteiger partial charge is 0.122 e. The highest BCUT2D eigenvalue weighted by atomic mass is 79.9. The third-order valence-electron chi connectivity index (χ3n) is 3.41. The molecule has 18 heavy (non-hydrogen) atoms. The summed E-state index contributed by atoms with van der Waals surface area (Å²) in [7, 11) is 0. The largest absolute Gasteiger partial charge is 0.493 e. The van der Waals surface area contributed by atoms with E-state index in [9.17, 15) is 0 Å². The molecule has 0 aromatic heterocycles. The highest BCUT2D eigenvalue weighted by Crippen LogP contribution is 2.30. The molecule has 1 fully saturated rings. The van der Waals surface area contributed by atoms with Crippen LogP contribution in [0.1, 0.15) is 38.2 Å². The Bertz CT molecular complexity index is 384. The predicted octanol–water partition coefficient (Wildman–Crippen LogP) is 4.38. The first-order valence-corrected chi connectivity index (χ1v) is 7.46. The van der Waals surface area contributed by atoms with Crippen molar-refractivity contribution >= 4 is 15.9 Å². The van der Waals surface area contributed by atoms with Crippen LogP contribution in [-0.4, -0.2) is 19.8 Å². The molecule has 0 amide bonds. The van der Waals surface area contributed by atoms with Crippen LogP contribution in [-0.2, 0) is 4.74 Å². The van der Waals surface area contributed by atoms with Gasteiger partial charge in [0.25, 0.3) is 0 Å². The van der Waals surface area contributed by atoms with Gasteiger partial charge in [-0.1, -0.05) is 29.8 Å². The van der Waals surface area contributed by atoms with Gasteiger partial charge in [-0.15, -0.1) is 0 Å². The molecule has 3 heteroatoms. The number of halogens is 1. The van der Waals surface area contributed by atoms with Crippen molar-refractivity contribution in [2.24, 2.45) is 5.92 Å². The fourth-order valence-corrected chi connectivity index (χ4v) is 2.60. The quantitative estimate of drug-likeness (QED) is 0.821. The molecule has 0 N–H and O–H groups in total. The number of hydrogen-bond acceptors (Lipinski definition) is 2. The second-order valence-electron chi connectivity index (χ2n) is 5.20. The Hall–Kier alpha value is -0.540. The van der Waals surface area contributed by atoms with Crippen LogP contribution in [0.25, 0.3) is 0 Å². The molecule has 0 atom stereocenters. The SMILES string of the molecule is CC(C)c1cc(Br)ccc1OCC1CCOCC1. The van der Waals surface area contributed by atoms with Gasteiger partial charge in [-0.2, -0.15) is 0 Å². The van der Waals surface area contributed by atoms with E-state index in [1.165, 1.54) is 5.56 Å². The van der Waals surface area contributed by atoms with Crippen LogP contribution in [0.3, 0.4) is 0 Å². The molecule has 0 saturated carbocycles. The highest BCUT2D eigenvalue weighted by molar-refractivity contribution is 9.10. The summed E-state index contributed by atoms with van der Waals surface area (Å²) >= 11 is 3.52. The summed E-state index contributed by atoms with van der Waals surface area (Å²) in [6.45, 7) is 6.97. The van der Waals surface area contributed by atoms with Crippen LogP contribution in [0.2, 0.25) is 0 Å². The second-order valence-corrected chi connectivity index (χ2v) is 6.12. The van der Waals surface area contributed by atoms with Crippen LogP contribution < -0.4 is 4.74 Å². The van der Waals surface area contributed by atoms with Gasteiger partial charge in [0.05, 0.1) is 6.61 Å². The number of benzene rings is 1. The molecule has 0 spiro atoms. The van der Waals surface area contributed by atoms with Crippen molar-refractivity contribution in [2.45, 2.75) is 32.6 Å². The molecule has 0 aliphatic carbocycles. The normalized spacial score (nSPS) is 17.1. The molecule has 1 heterocycles. The Kier molecular flexibility index (Phi) is 5.07. The number of ether oxygens (including phenoxy) is 2.